The zero-order valence-corrected chi connectivity index (χ0v) is 11.8. The van der Waals surface area contributed by atoms with Crippen molar-refractivity contribution in [2.75, 3.05) is 20.1 Å². The average molecular weight is 242 g/mol. The minimum Gasteiger partial charge on any atom is -0.444 e. The fourth-order valence-corrected chi connectivity index (χ4v) is 2.08. The van der Waals surface area contributed by atoms with Gasteiger partial charge >= 0.3 is 6.09 Å². The Kier molecular flexibility index (Phi) is 4.42. The maximum Gasteiger partial charge on any atom is 0.410 e. The molecule has 0 bridgehead atoms. The molecule has 4 heteroatoms. The van der Waals surface area contributed by atoms with Crippen LogP contribution in [0.15, 0.2) is 0 Å². The van der Waals surface area contributed by atoms with Crippen molar-refractivity contribution in [2.45, 2.75) is 58.1 Å². The van der Waals surface area contributed by atoms with E-state index in [0.717, 1.165) is 32.4 Å². The average Bonchev–Trinajstić information content (AvgIpc) is 2.39. The largest absolute Gasteiger partial charge is 0.444 e. The quantitative estimate of drug-likeness (QED) is 0.767. The van der Waals surface area contributed by atoms with E-state index in [-0.39, 0.29) is 11.6 Å². The van der Waals surface area contributed by atoms with E-state index in [1.54, 1.807) is 0 Å². The van der Waals surface area contributed by atoms with Crippen molar-refractivity contribution in [1.29, 1.82) is 0 Å². The molecule has 17 heavy (non-hydrogen) atoms. The zero-order chi connectivity index (χ0) is 13.1. The number of nitrogens with one attached hydrogen (secondary N) is 1. The van der Waals surface area contributed by atoms with Gasteiger partial charge in [0.1, 0.15) is 5.60 Å². The number of amides is 1. The Morgan fingerprint density at radius 3 is 2.53 bits per heavy atom. The van der Waals surface area contributed by atoms with Gasteiger partial charge in [-0.15, -0.1) is 0 Å². The van der Waals surface area contributed by atoms with Crippen molar-refractivity contribution in [1.82, 2.24) is 10.2 Å². The lowest BCUT2D eigenvalue weighted by Crippen LogP contribution is -2.51. The number of ether oxygens (including phenoxy) is 1. The second-order valence-corrected chi connectivity index (χ2v) is 6.17. The maximum atomic E-state index is 12.0. The summed E-state index contributed by atoms with van der Waals surface area (Å²) in [7, 11) is 1.96. The minimum absolute atomic E-state index is 0.00735. The molecule has 0 aliphatic carbocycles. The molecule has 1 aliphatic heterocycles. The molecule has 4 nitrogen and oxygen atoms in total. The van der Waals surface area contributed by atoms with Crippen molar-refractivity contribution in [3.05, 3.63) is 0 Å². The van der Waals surface area contributed by atoms with Gasteiger partial charge in [0.25, 0.3) is 0 Å². The van der Waals surface area contributed by atoms with Gasteiger partial charge in [0.05, 0.1) is 0 Å². The smallest absolute Gasteiger partial charge is 0.410 e. The maximum absolute atomic E-state index is 12.0. The summed E-state index contributed by atoms with van der Waals surface area (Å²) in [4.78, 5) is 13.9. The SMILES string of the molecule is CNC1(C)CCCCN(C(=O)OC(C)(C)C)C1. The van der Waals surface area contributed by atoms with Crippen LogP contribution in [-0.2, 0) is 4.74 Å². The summed E-state index contributed by atoms with van der Waals surface area (Å²) in [5.74, 6) is 0. The van der Waals surface area contributed by atoms with Gasteiger partial charge < -0.3 is 15.0 Å². The highest BCUT2D eigenvalue weighted by molar-refractivity contribution is 5.68. The number of likely N-dealkylation sites (N-methyl/N-ethyl adjacent to an activating group) is 1. The Labute approximate surface area is 105 Å². The molecule has 0 saturated carbocycles. The van der Waals surface area contributed by atoms with Crippen LogP contribution < -0.4 is 5.32 Å². The van der Waals surface area contributed by atoms with E-state index in [1.807, 2.05) is 32.7 Å². The molecule has 1 atom stereocenters. The predicted octanol–water partition coefficient (Wildman–Crippen LogP) is 2.39. The van der Waals surface area contributed by atoms with Crippen molar-refractivity contribution < 1.29 is 9.53 Å². The van der Waals surface area contributed by atoms with Crippen LogP contribution >= 0.6 is 0 Å². The van der Waals surface area contributed by atoms with Crippen LogP contribution in [0, 0.1) is 0 Å². The van der Waals surface area contributed by atoms with Crippen LogP contribution in [0.3, 0.4) is 0 Å². The molecular formula is C13H26N2O2. The third kappa shape index (κ3) is 4.54. The van der Waals surface area contributed by atoms with Gasteiger partial charge in [0.15, 0.2) is 0 Å². The number of hydrogen-bond donors (Lipinski definition) is 1. The van der Waals surface area contributed by atoms with Gasteiger partial charge in [-0.2, -0.15) is 0 Å². The van der Waals surface area contributed by atoms with Gasteiger partial charge in [-0.25, -0.2) is 4.79 Å². The van der Waals surface area contributed by atoms with Gasteiger partial charge in [-0.1, -0.05) is 0 Å². The number of hydrogen-bond acceptors (Lipinski definition) is 3. The van der Waals surface area contributed by atoms with Crippen LogP contribution in [0.25, 0.3) is 0 Å². The molecule has 1 amide bonds. The molecule has 0 aromatic rings. The second kappa shape index (κ2) is 5.25. The highest BCUT2D eigenvalue weighted by Crippen LogP contribution is 2.21. The fraction of sp³-hybridized carbons (Fsp3) is 0.923. The first-order valence-electron chi connectivity index (χ1n) is 6.43. The zero-order valence-electron chi connectivity index (χ0n) is 11.8. The van der Waals surface area contributed by atoms with E-state index in [2.05, 4.69) is 12.2 Å². The Bertz CT molecular complexity index is 273. The van der Waals surface area contributed by atoms with Crippen molar-refractivity contribution in [2.24, 2.45) is 0 Å². The monoisotopic (exact) mass is 242 g/mol. The highest BCUT2D eigenvalue weighted by atomic mass is 16.6. The summed E-state index contributed by atoms with van der Waals surface area (Å²) in [6.45, 7) is 9.39. The minimum atomic E-state index is -0.417. The first kappa shape index (κ1) is 14.3. The summed E-state index contributed by atoms with van der Waals surface area (Å²) < 4.78 is 5.43. The topological polar surface area (TPSA) is 41.6 Å². The molecule has 0 spiro atoms. The van der Waals surface area contributed by atoms with Crippen LogP contribution in [-0.4, -0.2) is 42.3 Å². The van der Waals surface area contributed by atoms with Crippen LogP contribution in [0.1, 0.15) is 47.0 Å². The van der Waals surface area contributed by atoms with Crippen molar-refractivity contribution >= 4 is 6.09 Å². The van der Waals surface area contributed by atoms with E-state index in [0.29, 0.717) is 0 Å². The molecule has 1 unspecified atom stereocenters. The summed E-state index contributed by atoms with van der Waals surface area (Å²) in [5, 5.41) is 3.32. The summed E-state index contributed by atoms with van der Waals surface area (Å²) >= 11 is 0. The molecule has 1 aliphatic rings. The normalized spacial score (nSPS) is 26.5. The van der Waals surface area contributed by atoms with Crippen LogP contribution in [0.2, 0.25) is 0 Å². The molecule has 1 fully saturated rings. The fourth-order valence-electron chi connectivity index (χ4n) is 2.08. The number of likely N-dealkylation sites (tertiary alicyclic amines) is 1. The molecule has 100 valence electrons. The Hall–Kier alpha value is -0.770. The lowest BCUT2D eigenvalue weighted by Gasteiger charge is -2.33. The summed E-state index contributed by atoms with van der Waals surface area (Å²) in [6, 6.07) is 0. The number of carbonyl (C=O) groups excluding carboxylic acids is 1. The summed E-state index contributed by atoms with van der Waals surface area (Å²) in [6.07, 6.45) is 3.11. The molecule has 0 aromatic carbocycles. The molecule has 1 heterocycles. The van der Waals surface area contributed by atoms with E-state index in [9.17, 15) is 4.79 Å². The molecular weight excluding hydrogens is 216 g/mol. The molecule has 1 rings (SSSR count). The Balaban J connectivity index is 2.66. The van der Waals surface area contributed by atoms with Gasteiger partial charge in [0.2, 0.25) is 0 Å². The van der Waals surface area contributed by atoms with E-state index >= 15 is 0 Å². The van der Waals surface area contributed by atoms with Crippen LogP contribution in [0.5, 0.6) is 0 Å². The number of carbonyl (C=O) groups is 1. The van der Waals surface area contributed by atoms with Crippen LogP contribution in [0.4, 0.5) is 4.79 Å². The van der Waals surface area contributed by atoms with Gasteiger partial charge in [0, 0.05) is 18.6 Å². The van der Waals surface area contributed by atoms with Crippen molar-refractivity contribution in [3.63, 3.8) is 0 Å². The summed E-state index contributed by atoms with van der Waals surface area (Å²) in [5.41, 5.74) is -0.410. The first-order chi connectivity index (χ1) is 7.76. The van der Waals surface area contributed by atoms with Crippen molar-refractivity contribution in [3.8, 4) is 0 Å². The molecule has 0 aromatic heterocycles. The van der Waals surface area contributed by atoms with Gasteiger partial charge in [-0.3, -0.25) is 0 Å². The van der Waals surface area contributed by atoms with E-state index in [4.69, 9.17) is 4.74 Å². The number of nitrogens with zero attached hydrogens (tertiary/aromatic N) is 1. The lowest BCUT2D eigenvalue weighted by molar-refractivity contribution is 0.0217. The second-order valence-electron chi connectivity index (χ2n) is 6.17. The number of rotatable bonds is 1. The van der Waals surface area contributed by atoms with E-state index < -0.39 is 5.60 Å². The first-order valence-corrected chi connectivity index (χ1v) is 6.43. The molecule has 1 N–H and O–H groups in total. The molecule has 1 saturated heterocycles. The highest BCUT2D eigenvalue weighted by Gasteiger charge is 2.32. The molecule has 0 radical (unpaired) electrons. The standard InChI is InChI=1S/C13H26N2O2/c1-12(2,3)17-11(16)15-9-7-6-8-13(4,10-15)14-5/h14H,6-10H2,1-5H3. The Morgan fingerprint density at radius 1 is 1.35 bits per heavy atom. The third-order valence-corrected chi connectivity index (χ3v) is 3.20. The van der Waals surface area contributed by atoms with Gasteiger partial charge in [-0.05, 0) is 54.0 Å². The lowest BCUT2D eigenvalue weighted by atomic mass is 9.96. The Morgan fingerprint density at radius 2 is 2.00 bits per heavy atom. The van der Waals surface area contributed by atoms with E-state index in [1.165, 1.54) is 0 Å². The third-order valence-electron chi connectivity index (χ3n) is 3.20. The predicted molar refractivity (Wildman–Crippen MR) is 69.1 cm³/mol.